The highest BCUT2D eigenvalue weighted by Gasteiger charge is 2.40. The average molecular weight is 463 g/mol. The Morgan fingerprint density at radius 3 is 2.00 bits per heavy atom. The standard InChI is InChI=1S/C23H24F7NO/c1-13(16-9-17(22(25,26)27)11-18(10-16)23(28,29)30)32-20-8-5-15(12-31-2)21(20)14-3-6-19(24)7-4-14/h3-4,6-7,9-11,13,15,20-21,31H,5,8,12H2,1-2H3. The van der Waals surface area contributed by atoms with E-state index in [2.05, 4.69) is 5.32 Å². The zero-order valence-corrected chi connectivity index (χ0v) is 17.5. The summed E-state index contributed by atoms with van der Waals surface area (Å²) >= 11 is 0. The van der Waals surface area contributed by atoms with Gasteiger partial charge >= 0.3 is 12.4 Å². The number of hydrogen-bond donors (Lipinski definition) is 1. The minimum atomic E-state index is -4.92. The number of hydrogen-bond acceptors (Lipinski definition) is 2. The van der Waals surface area contributed by atoms with Gasteiger partial charge in [0.05, 0.1) is 23.3 Å². The molecule has 1 N–H and O–H groups in total. The topological polar surface area (TPSA) is 21.3 Å². The molecule has 1 saturated carbocycles. The molecule has 1 aliphatic carbocycles. The fourth-order valence-electron chi connectivity index (χ4n) is 4.41. The molecule has 32 heavy (non-hydrogen) atoms. The number of nitrogens with one attached hydrogen (secondary N) is 1. The van der Waals surface area contributed by atoms with Crippen LogP contribution < -0.4 is 5.32 Å². The molecule has 2 aromatic rings. The average Bonchev–Trinajstić information content (AvgIpc) is 3.09. The zero-order valence-electron chi connectivity index (χ0n) is 17.5. The van der Waals surface area contributed by atoms with Crippen molar-refractivity contribution in [3.63, 3.8) is 0 Å². The molecule has 4 unspecified atom stereocenters. The van der Waals surface area contributed by atoms with E-state index in [9.17, 15) is 30.7 Å². The van der Waals surface area contributed by atoms with Gasteiger partial charge in [-0.3, -0.25) is 0 Å². The zero-order chi connectivity index (χ0) is 23.7. The van der Waals surface area contributed by atoms with Crippen LogP contribution in [0.2, 0.25) is 0 Å². The first kappa shape index (κ1) is 24.5. The van der Waals surface area contributed by atoms with Crippen LogP contribution in [-0.4, -0.2) is 19.7 Å². The Morgan fingerprint density at radius 1 is 0.938 bits per heavy atom. The summed E-state index contributed by atoms with van der Waals surface area (Å²) in [6.07, 6.45) is -9.92. The van der Waals surface area contributed by atoms with Crippen molar-refractivity contribution < 1.29 is 35.5 Å². The summed E-state index contributed by atoms with van der Waals surface area (Å²) in [5, 5.41) is 3.09. The van der Waals surface area contributed by atoms with Crippen LogP contribution >= 0.6 is 0 Å². The second kappa shape index (κ2) is 9.39. The minimum absolute atomic E-state index is 0.107. The molecule has 3 rings (SSSR count). The van der Waals surface area contributed by atoms with Gasteiger partial charge in [0, 0.05) is 5.92 Å². The van der Waals surface area contributed by atoms with Gasteiger partial charge in [-0.05, 0) is 80.7 Å². The summed E-state index contributed by atoms with van der Waals surface area (Å²) in [6, 6.07) is 7.44. The first-order valence-electron chi connectivity index (χ1n) is 10.2. The Labute approximate surface area is 181 Å². The molecule has 2 nitrogen and oxygen atoms in total. The molecule has 1 aliphatic rings. The number of alkyl halides is 6. The van der Waals surface area contributed by atoms with E-state index in [4.69, 9.17) is 4.74 Å². The predicted octanol–water partition coefficient (Wildman–Crippen LogP) is 6.72. The highest BCUT2D eigenvalue weighted by molar-refractivity contribution is 5.35. The van der Waals surface area contributed by atoms with Crippen molar-refractivity contribution in [2.24, 2.45) is 5.92 Å². The smallest absolute Gasteiger partial charge is 0.370 e. The monoisotopic (exact) mass is 463 g/mol. The second-order valence-corrected chi connectivity index (χ2v) is 8.13. The van der Waals surface area contributed by atoms with Crippen LogP contribution in [-0.2, 0) is 17.1 Å². The Balaban J connectivity index is 1.90. The number of ether oxygens (including phenoxy) is 1. The van der Waals surface area contributed by atoms with Crippen molar-refractivity contribution in [3.8, 4) is 0 Å². The fourth-order valence-corrected chi connectivity index (χ4v) is 4.41. The third-order valence-electron chi connectivity index (χ3n) is 5.91. The molecule has 0 saturated heterocycles. The summed E-state index contributed by atoms with van der Waals surface area (Å²) in [7, 11) is 1.79. The third kappa shape index (κ3) is 5.61. The van der Waals surface area contributed by atoms with Crippen molar-refractivity contribution in [1.82, 2.24) is 5.32 Å². The molecule has 0 amide bonds. The molecule has 0 aliphatic heterocycles. The highest BCUT2D eigenvalue weighted by atomic mass is 19.4. The lowest BCUT2D eigenvalue weighted by molar-refractivity contribution is -0.143. The molecule has 0 aromatic heterocycles. The Bertz CT molecular complexity index is 876. The Hall–Kier alpha value is -2.13. The maximum atomic E-state index is 13.4. The van der Waals surface area contributed by atoms with Gasteiger partial charge in [0.15, 0.2) is 0 Å². The molecule has 1 fully saturated rings. The van der Waals surface area contributed by atoms with Gasteiger partial charge in [0.2, 0.25) is 0 Å². The summed E-state index contributed by atoms with van der Waals surface area (Å²) in [4.78, 5) is 0. The molecule has 0 radical (unpaired) electrons. The molecule has 0 bridgehead atoms. The summed E-state index contributed by atoms with van der Waals surface area (Å²) in [5.74, 6) is -0.431. The van der Waals surface area contributed by atoms with Gasteiger partial charge in [-0.15, -0.1) is 0 Å². The summed E-state index contributed by atoms with van der Waals surface area (Å²) in [5.41, 5.74) is -2.11. The molecule has 4 atom stereocenters. The number of benzene rings is 2. The van der Waals surface area contributed by atoms with E-state index in [0.717, 1.165) is 12.0 Å². The van der Waals surface area contributed by atoms with Crippen molar-refractivity contribution >= 4 is 0 Å². The maximum absolute atomic E-state index is 13.4. The lowest BCUT2D eigenvalue weighted by Crippen LogP contribution is -2.27. The molecule has 176 valence electrons. The largest absolute Gasteiger partial charge is 0.416 e. The van der Waals surface area contributed by atoms with Crippen LogP contribution in [0.4, 0.5) is 30.7 Å². The quantitative estimate of drug-likeness (QED) is 0.480. The van der Waals surface area contributed by atoms with Crippen LogP contribution in [0.5, 0.6) is 0 Å². The first-order valence-corrected chi connectivity index (χ1v) is 10.2. The van der Waals surface area contributed by atoms with Crippen LogP contribution in [0.1, 0.15) is 54.0 Å². The van der Waals surface area contributed by atoms with Gasteiger partial charge in [-0.25, -0.2) is 4.39 Å². The van der Waals surface area contributed by atoms with Crippen molar-refractivity contribution in [2.45, 2.75) is 50.2 Å². The highest BCUT2D eigenvalue weighted by Crippen LogP contribution is 2.44. The van der Waals surface area contributed by atoms with E-state index in [-0.39, 0.29) is 23.5 Å². The first-order chi connectivity index (χ1) is 14.9. The van der Waals surface area contributed by atoms with Crippen molar-refractivity contribution in [2.75, 3.05) is 13.6 Å². The summed E-state index contributed by atoms with van der Waals surface area (Å²) < 4.78 is 98.7. The molecular weight excluding hydrogens is 439 g/mol. The van der Waals surface area contributed by atoms with Crippen molar-refractivity contribution in [1.29, 1.82) is 0 Å². The normalized spacial score (nSPS) is 22.8. The third-order valence-corrected chi connectivity index (χ3v) is 5.91. The predicted molar refractivity (Wildman–Crippen MR) is 106 cm³/mol. The summed E-state index contributed by atoms with van der Waals surface area (Å²) in [6.45, 7) is 2.10. The van der Waals surface area contributed by atoms with Crippen LogP contribution in [0, 0.1) is 11.7 Å². The molecule has 0 spiro atoms. The van der Waals surface area contributed by atoms with Crippen LogP contribution in [0.25, 0.3) is 0 Å². The molecular formula is C23H24F7NO. The van der Waals surface area contributed by atoms with Crippen LogP contribution in [0.15, 0.2) is 42.5 Å². The van der Waals surface area contributed by atoms with Crippen LogP contribution in [0.3, 0.4) is 0 Å². The molecule has 9 heteroatoms. The Morgan fingerprint density at radius 2 is 1.50 bits per heavy atom. The van der Waals surface area contributed by atoms with Gasteiger partial charge in [-0.2, -0.15) is 26.3 Å². The molecule has 0 heterocycles. The maximum Gasteiger partial charge on any atom is 0.416 e. The van der Waals surface area contributed by atoms with Crippen molar-refractivity contribution in [3.05, 3.63) is 70.5 Å². The van der Waals surface area contributed by atoms with Gasteiger partial charge in [0.25, 0.3) is 0 Å². The Kier molecular flexibility index (Phi) is 7.19. The molecule has 2 aromatic carbocycles. The van der Waals surface area contributed by atoms with Gasteiger partial charge in [-0.1, -0.05) is 12.1 Å². The number of rotatable bonds is 6. The van der Waals surface area contributed by atoms with E-state index in [1.54, 1.807) is 19.2 Å². The van der Waals surface area contributed by atoms with E-state index in [1.165, 1.54) is 19.1 Å². The minimum Gasteiger partial charge on any atom is -0.370 e. The van der Waals surface area contributed by atoms with E-state index in [0.29, 0.717) is 25.1 Å². The SMILES string of the molecule is CNCC1CCC(OC(C)c2cc(C(F)(F)F)cc(C(F)(F)F)c2)C1c1ccc(F)cc1. The van der Waals surface area contributed by atoms with E-state index < -0.39 is 41.5 Å². The lowest BCUT2D eigenvalue weighted by Gasteiger charge is -2.28. The van der Waals surface area contributed by atoms with E-state index in [1.807, 2.05) is 0 Å². The number of halogens is 7. The van der Waals surface area contributed by atoms with Gasteiger partial charge in [0.1, 0.15) is 5.82 Å². The lowest BCUT2D eigenvalue weighted by atomic mass is 9.87. The van der Waals surface area contributed by atoms with Gasteiger partial charge < -0.3 is 10.1 Å². The van der Waals surface area contributed by atoms with E-state index >= 15 is 0 Å². The fraction of sp³-hybridized carbons (Fsp3) is 0.478. The second-order valence-electron chi connectivity index (χ2n) is 8.13.